The third kappa shape index (κ3) is 6.25. The van der Waals surface area contributed by atoms with Crippen molar-refractivity contribution in [1.82, 2.24) is 5.32 Å². The van der Waals surface area contributed by atoms with Gasteiger partial charge in [-0.05, 0) is 46.0 Å². The highest BCUT2D eigenvalue weighted by atomic mass is 79.9. The normalized spacial score (nSPS) is 12.8. The van der Waals surface area contributed by atoms with Crippen LogP contribution in [-0.2, 0) is 4.79 Å². The molecule has 6 heteroatoms. The third-order valence-electron chi connectivity index (χ3n) is 2.80. The zero-order valence-corrected chi connectivity index (χ0v) is 13.8. The summed E-state index contributed by atoms with van der Waals surface area (Å²) in [5, 5.41) is 11.6. The first-order valence-corrected chi connectivity index (χ1v) is 7.35. The van der Waals surface area contributed by atoms with Gasteiger partial charge < -0.3 is 10.4 Å². The lowest BCUT2D eigenvalue weighted by molar-refractivity contribution is -0.137. The van der Waals surface area contributed by atoms with Crippen molar-refractivity contribution < 1.29 is 19.1 Å². The van der Waals surface area contributed by atoms with Crippen molar-refractivity contribution in [3.05, 3.63) is 34.1 Å². The summed E-state index contributed by atoms with van der Waals surface area (Å²) in [6.07, 6.45) is 0.388. The maximum atomic E-state index is 13.2. The molecule has 0 radical (unpaired) electrons. The average Bonchev–Trinajstić information content (AvgIpc) is 2.29. The van der Waals surface area contributed by atoms with Gasteiger partial charge in [0.25, 0.3) is 5.91 Å². The highest BCUT2D eigenvalue weighted by Gasteiger charge is 2.23. The molecule has 1 rings (SSSR count). The summed E-state index contributed by atoms with van der Waals surface area (Å²) in [4.78, 5) is 23.0. The van der Waals surface area contributed by atoms with Crippen molar-refractivity contribution >= 4 is 27.8 Å². The molecular formula is C15H19BrFNO3. The molecule has 0 aliphatic heterocycles. The van der Waals surface area contributed by atoms with Gasteiger partial charge in [-0.25, -0.2) is 4.39 Å². The Bertz CT molecular complexity index is 540. The number of halogens is 2. The fraction of sp³-hybridized carbons (Fsp3) is 0.467. The standard InChI is InChI=1S/C15H19BrFNO3/c1-15(2,3)8-10(7-13(19)20)18-14(21)9-4-5-12(17)11(16)6-9/h4-6,10H,7-8H2,1-3H3,(H,18,21)(H,19,20). The van der Waals surface area contributed by atoms with E-state index < -0.39 is 23.7 Å². The van der Waals surface area contributed by atoms with E-state index in [9.17, 15) is 14.0 Å². The van der Waals surface area contributed by atoms with Gasteiger partial charge in [-0.15, -0.1) is 0 Å². The predicted molar refractivity (Wildman–Crippen MR) is 81.7 cm³/mol. The Kier molecular flexibility index (Phi) is 5.89. The molecule has 0 aliphatic rings. The fourth-order valence-corrected chi connectivity index (χ4v) is 2.41. The monoisotopic (exact) mass is 359 g/mol. The van der Waals surface area contributed by atoms with Gasteiger partial charge in [0.15, 0.2) is 0 Å². The van der Waals surface area contributed by atoms with Crippen molar-refractivity contribution in [2.24, 2.45) is 5.41 Å². The van der Waals surface area contributed by atoms with Crippen molar-refractivity contribution in [1.29, 1.82) is 0 Å². The van der Waals surface area contributed by atoms with E-state index in [1.54, 1.807) is 0 Å². The molecule has 0 saturated carbocycles. The van der Waals surface area contributed by atoms with Gasteiger partial charge in [0.1, 0.15) is 5.82 Å². The summed E-state index contributed by atoms with van der Waals surface area (Å²) in [6.45, 7) is 5.92. The third-order valence-corrected chi connectivity index (χ3v) is 3.40. The Hall–Kier alpha value is -1.43. The first-order valence-electron chi connectivity index (χ1n) is 6.56. The van der Waals surface area contributed by atoms with E-state index >= 15 is 0 Å². The minimum atomic E-state index is -0.968. The number of hydrogen-bond donors (Lipinski definition) is 2. The predicted octanol–water partition coefficient (Wildman–Crippen LogP) is 3.60. The molecule has 1 unspecified atom stereocenters. The van der Waals surface area contributed by atoms with E-state index in [0.29, 0.717) is 6.42 Å². The van der Waals surface area contributed by atoms with Crippen LogP contribution in [0.3, 0.4) is 0 Å². The summed E-state index contributed by atoms with van der Waals surface area (Å²) >= 11 is 3.02. The fourth-order valence-electron chi connectivity index (χ4n) is 2.03. The molecule has 0 heterocycles. The van der Waals surface area contributed by atoms with Gasteiger partial charge in [0, 0.05) is 11.6 Å². The van der Waals surface area contributed by atoms with Gasteiger partial charge in [-0.2, -0.15) is 0 Å². The topological polar surface area (TPSA) is 66.4 Å². The van der Waals surface area contributed by atoms with Crippen molar-refractivity contribution in [2.75, 3.05) is 0 Å². The van der Waals surface area contributed by atoms with Crippen LogP contribution >= 0.6 is 15.9 Å². The molecule has 0 saturated heterocycles. The number of carboxylic acid groups (broad SMARTS) is 1. The van der Waals surface area contributed by atoms with Crippen LogP contribution in [0.4, 0.5) is 4.39 Å². The van der Waals surface area contributed by atoms with Gasteiger partial charge >= 0.3 is 5.97 Å². The minimum absolute atomic E-state index is 0.114. The Balaban J connectivity index is 2.83. The Morgan fingerprint density at radius 3 is 2.48 bits per heavy atom. The van der Waals surface area contributed by atoms with E-state index in [1.165, 1.54) is 18.2 Å². The number of carbonyl (C=O) groups is 2. The second-order valence-corrected chi connectivity index (χ2v) is 7.02. The maximum Gasteiger partial charge on any atom is 0.305 e. The van der Waals surface area contributed by atoms with Gasteiger partial charge in [-0.1, -0.05) is 20.8 Å². The lowest BCUT2D eigenvalue weighted by atomic mass is 9.87. The van der Waals surface area contributed by atoms with Crippen LogP contribution in [0.5, 0.6) is 0 Å². The number of aliphatic carboxylic acids is 1. The highest BCUT2D eigenvalue weighted by Crippen LogP contribution is 2.23. The number of carbonyl (C=O) groups excluding carboxylic acids is 1. The molecule has 1 aromatic rings. The summed E-state index contributed by atoms with van der Waals surface area (Å²) in [7, 11) is 0. The number of nitrogens with one attached hydrogen (secondary N) is 1. The minimum Gasteiger partial charge on any atom is -0.481 e. The first kappa shape index (κ1) is 17.6. The lowest BCUT2D eigenvalue weighted by Crippen LogP contribution is -2.39. The van der Waals surface area contributed by atoms with Gasteiger partial charge in [0.05, 0.1) is 10.9 Å². The Labute approximate surface area is 131 Å². The van der Waals surface area contributed by atoms with Crippen LogP contribution in [0.15, 0.2) is 22.7 Å². The van der Waals surface area contributed by atoms with E-state index in [4.69, 9.17) is 5.11 Å². The second-order valence-electron chi connectivity index (χ2n) is 6.16. The van der Waals surface area contributed by atoms with Crippen LogP contribution in [0.1, 0.15) is 44.0 Å². The molecule has 0 spiro atoms. The van der Waals surface area contributed by atoms with Crippen LogP contribution in [0.25, 0.3) is 0 Å². The average molecular weight is 360 g/mol. The van der Waals surface area contributed by atoms with E-state index in [0.717, 1.165) is 0 Å². The SMILES string of the molecule is CC(C)(C)CC(CC(=O)O)NC(=O)c1ccc(F)c(Br)c1. The molecule has 1 aromatic carbocycles. The van der Waals surface area contributed by atoms with E-state index in [2.05, 4.69) is 21.2 Å². The second kappa shape index (κ2) is 7.02. The molecule has 0 aromatic heterocycles. The molecule has 0 bridgehead atoms. The zero-order chi connectivity index (χ0) is 16.2. The maximum absolute atomic E-state index is 13.2. The quantitative estimate of drug-likeness (QED) is 0.843. The van der Waals surface area contributed by atoms with Gasteiger partial charge in [0.2, 0.25) is 0 Å². The van der Waals surface area contributed by atoms with Crippen molar-refractivity contribution in [2.45, 2.75) is 39.7 Å². The summed E-state index contributed by atoms with van der Waals surface area (Å²) in [6, 6.07) is 3.46. The van der Waals surface area contributed by atoms with Crippen LogP contribution in [-0.4, -0.2) is 23.0 Å². The van der Waals surface area contributed by atoms with E-state index in [1.807, 2.05) is 20.8 Å². The molecule has 0 aliphatic carbocycles. The number of amides is 1. The molecular weight excluding hydrogens is 341 g/mol. The van der Waals surface area contributed by atoms with Crippen LogP contribution < -0.4 is 5.32 Å². The molecule has 1 amide bonds. The largest absolute Gasteiger partial charge is 0.481 e. The zero-order valence-electron chi connectivity index (χ0n) is 12.2. The molecule has 2 N–H and O–H groups in total. The smallest absolute Gasteiger partial charge is 0.305 e. The van der Waals surface area contributed by atoms with Crippen molar-refractivity contribution in [3.8, 4) is 0 Å². The van der Waals surface area contributed by atoms with Crippen LogP contribution in [0, 0.1) is 11.2 Å². The Morgan fingerprint density at radius 2 is 2.00 bits per heavy atom. The van der Waals surface area contributed by atoms with Crippen molar-refractivity contribution in [3.63, 3.8) is 0 Å². The summed E-state index contributed by atoms with van der Waals surface area (Å²) < 4.78 is 13.4. The Morgan fingerprint density at radius 1 is 1.38 bits per heavy atom. The first-order chi connectivity index (χ1) is 9.58. The number of benzene rings is 1. The number of rotatable bonds is 5. The highest BCUT2D eigenvalue weighted by molar-refractivity contribution is 9.10. The number of hydrogen-bond acceptors (Lipinski definition) is 2. The van der Waals surface area contributed by atoms with E-state index in [-0.39, 0.29) is 21.9 Å². The molecule has 0 fully saturated rings. The number of carboxylic acids is 1. The van der Waals surface area contributed by atoms with Crippen LogP contribution in [0.2, 0.25) is 0 Å². The molecule has 4 nitrogen and oxygen atoms in total. The summed E-state index contributed by atoms with van der Waals surface area (Å²) in [5.41, 5.74) is 0.170. The van der Waals surface area contributed by atoms with Gasteiger partial charge in [-0.3, -0.25) is 9.59 Å². The molecule has 21 heavy (non-hydrogen) atoms. The molecule has 1 atom stereocenters. The lowest BCUT2D eigenvalue weighted by Gasteiger charge is -2.25. The summed E-state index contributed by atoms with van der Waals surface area (Å²) in [5.74, 6) is -1.83. The molecule has 116 valence electrons.